The largest absolute Gasteiger partial charge is 0.491 e. The van der Waals surface area contributed by atoms with Gasteiger partial charge in [0.15, 0.2) is 9.76 Å². The number of benzene rings is 1. The molecule has 112 valence electrons. The van der Waals surface area contributed by atoms with Gasteiger partial charge in [-0.3, -0.25) is 0 Å². The predicted octanol–water partition coefficient (Wildman–Crippen LogP) is -4.48. The molecular formula is C9H20O6Si5. The van der Waals surface area contributed by atoms with E-state index in [2.05, 4.69) is 12.1 Å². The van der Waals surface area contributed by atoms with Crippen molar-refractivity contribution in [1.82, 2.24) is 0 Å². The lowest BCUT2D eigenvalue weighted by Crippen LogP contribution is -2.22. The van der Waals surface area contributed by atoms with Crippen LogP contribution in [0.5, 0.6) is 5.75 Å². The van der Waals surface area contributed by atoms with E-state index in [9.17, 15) is 0 Å². The molecule has 1 unspecified atom stereocenters. The van der Waals surface area contributed by atoms with Gasteiger partial charge in [-0.25, -0.2) is 0 Å². The van der Waals surface area contributed by atoms with Gasteiger partial charge in [0.25, 0.3) is 30.0 Å². The van der Waals surface area contributed by atoms with Crippen molar-refractivity contribution in [1.29, 1.82) is 0 Å². The lowest BCUT2D eigenvalue weighted by atomic mass is 10.3. The molecule has 1 saturated heterocycles. The number of rotatable bonds is 11. The van der Waals surface area contributed by atoms with E-state index in [0.717, 1.165) is 22.8 Å². The number of hydrogen-bond acceptors (Lipinski definition) is 6. The van der Waals surface area contributed by atoms with Gasteiger partial charge in [0.2, 0.25) is 0 Å². The van der Waals surface area contributed by atoms with Gasteiger partial charge in [-0.1, -0.05) is 12.1 Å². The first-order valence-corrected chi connectivity index (χ1v) is 12.0. The maximum absolute atomic E-state index is 5.68. The van der Waals surface area contributed by atoms with E-state index in [-0.39, 0.29) is 0 Å². The molecule has 0 aromatic heterocycles. The topological polar surface area (TPSA) is 58.7 Å². The van der Waals surface area contributed by atoms with Crippen molar-refractivity contribution < 1.29 is 25.9 Å². The van der Waals surface area contributed by atoms with Gasteiger partial charge >= 0.3 is 0 Å². The first kappa shape index (κ1) is 16.3. The molecule has 0 saturated carbocycles. The minimum Gasteiger partial charge on any atom is -0.491 e. The summed E-state index contributed by atoms with van der Waals surface area (Å²) in [4.78, 5) is 0. The molecule has 1 aromatic carbocycles. The molecule has 0 spiro atoms. The van der Waals surface area contributed by atoms with Crippen molar-refractivity contribution in [3.63, 3.8) is 0 Å². The molecule has 0 amide bonds. The number of epoxide rings is 1. The molecule has 6 nitrogen and oxygen atoms in total. The van der Waals surface area contributed by atoms with Gasteiger partial charge in [0, 0.05) is 0 Å². The van der Waals surface area contributed by atoms with Gasteiger partial charge in [0.05, 0.1) is 6.61 Å². The maximum atomic E-state index is 5.68. The predicted molar refractivity (Wildman–Crippen MR) is 89.8 cm³/mol. The van der Waals surface area contributed by atoms with Crippen LogP contribution in [0.2, 0.25) is 0 Å². The summed E-state index contributed by atoms with van der Waals surface area (Å²) in [7, 11) is -2.31. The van der Waals surface area contributed by atoms with Crippen molar-refractivity contribution in [2.75, 3.05) is 13.2 Å². The van der Waals surface area contributed by atoms with Crippen LogP contribution in [0.3, 0.4) is 0 Å². The van der Waals surface area contributed by atoms with Crippen LogP contribution in [0.15, 0.2) is 24.3 Å². The first-order chi connectivity index (χ1) is 9.88. The minimum atomic E-state index is -0.854. The smallest absolute Gasteiger partial charge is 0.286 e. The molecule has 0 radical (unpaired) electrons. The number of hydrogen-bond donors (Lipinski definition) is 0. The second-order valence-corrected chi connectivity index (χ2v) is 13.3. The summed E-state index contributed by atoms with van der Waals surface area (Å²) in [6.45, 7) is 1.47. The van der Waals surface area contributed by atoms with Crippen LogP contribution in [-0.4, -0.2) is 69.6 Å². The fourth-order valence-corrected chi connectivity index (χ4v) is 8.94. The molecule has 1 aliphatic heterocycles. The van der Waals surface area contributed by atoms with Crippen molar-refractivity contribution in [2.24, 2.45) is 0 Å². The van der Waals surface area contributed by atoms with Crippen molar-refractivity contribution in [2.45, 2.75) is 6.10 Å². The monoisotopic (exact) mass is 364 g/mol. The first-order valence-electron chi connectivity index (χ1n) is 6.44. The van der Waals surface area contributed by atoms with Gasteiger partial charge < -0.3 is 25.9 Å². The minimum absolute atomic E-state index is 0.297. The Labute approximate surface area is 131 Å². The molecule has 20 heavy (non-hydrogen) atoms. The van der Waals surface area contributed by atoms with Crippen molar-refractivity contribution >= 4 is 55.5 Å². The van der Waals surface area contributed by atoms with Crippen LogP contribution in [0.4, 0.5) is 0 Å². The van der Waals surface area contributed by atoms with E-state index in [4.69, 9.17) is 25.9 Å². The molecule has 1 fully saturated rings. The number of ether oxygens (including phenoxy) is 2. The summed E-state index contributed by atoms with van der Waals surface area (Å²) in [5.74, 6) is 0.889. The molecule has 0 bridgehead atoms. The highest BCUT2D eigenvalue weighted by atomic mass is 28.4. The Morgan fingerprint density at radius 3 is 2.50 bits per heavy atom. The Bertz CT molecular complexity index is 376. The summed E-state index contributed by atoms with van der Waals surface area (Å²) in [5, 5.41) is 1.26. The molecule has 1 heterocycles. The second-order valence-electron chi connectivity index (χ2n) is 4.31. The zero-order valence-corrected chi connectivity index (χ0v) is 19.2. The molecule has 11 heteroatoms. The van der Waals surface area contributed by atoms with E-state index in [0.29, 0.717) is 12.7 Å². The highest BCUT2D eigenvalue weighted by molar-refractivity contribution is 6.54. The molecule has 1 aliphatic rings. The van der Waals surface area contributed by atoms with Crippen LogP contribution >= 0.6 is 0 Å². The summed E-state index contributed by atoms with van der Waals surface area (Å²) in [6, 6.07) is 8.12. The molecule has 1 atom stereocenters. The summed E-state index contributed by atoms with van der Waals surface area (Å²) in [6.07, 6.45) is 0.297. The third-order valence-corrected chi connectivity index (χ3v) is 8.46. The van der Waals surface area contributed by atoms with E-state index in [1.807, 2.05) is 12.1 Å². The van der Waals surface area contributed by atoms with E-state index >= 15 is 0 Å². The van der Waals surface area contributed by atoms with Crippen LogP contribution in [-0.2, 0) is 21.2 Å². The average Bonchev–Trinajstić information content (AvgIpc) is 3.30. The Kier molecular flexibility index (Phi) is 7.95. The molecule has 1 aromatic rings. The highest BCUT2D eigenvalue weighted by Crippen LogP contribution is 2.13. The molecule has 2 rings (SSSR count). The Morgan fingerprint density at radius 1 is 1.10 bits per heavy atom. The zero-order valence-electron chi connectivity index (χ0n) is 11.6. The Hall–Kier alpha value is -0.0956. The lowest BCUT2D eigenvalue weighted by Gasteiger charge is -2.07. The SMILES string of the molecule is [SiH3]O[SiH2]O[SiH2]O[SiH2]O[SiH2]c1ccc(OCC2CO2)cc1. The molecular weight excluding hydrogens is 345 g/mol. The van der Waals surface area contributed by atoms with E-state index < -0.39 is 39.8 Å². The summed E-state index contributed by atoms with van der Waals surface area (Å²) >= 11 is 0. The van der Waals surface area contributed by atoms with Gasteiger partial charge in [-0.2, -0.15) is 0 Å². The Balaban J connectivity index is 1.53. The maximum Gasteiger partial charge on any atom is 0.286 e. The third kappa shape index (κ3) is 7.07. The fourth-order valence-electron chi connectivity index (χ4n) is 1.46. The van der Waals surface area contributed by atoms with Gasteiger partial charge in [-0.05, 0) is 17.3 Å². The molecule has 0 N–H and O–H groups in total. The van der Waals surface area contributed by atoms with Crippen molar-refractivity contribution in [3.8, 4) is 5.75 Å². The van der Waals surface area contributed by atoms with Crippen LogP contribution in [0, 0.1) is 0 Å². The normalized spacial score (nSPS) is 19.7. The van der Waals surface area contributed by atoms with Gasteiger partial charge in [-0.15, -0.1) is 0 Å². The zero-order chi connectivity index (χ0) is 14.0. The Morgan fingerprint density at radius 2 is 1.80 bits per heavy atom. The standard InChI is InChI=1S/C9H20O6Si5/c16-12-18-14-20-15-19-13-17-9-3-1-7(2-4-9)10-5-8-6-11-8/h1-4,8H,5-6,17-20H2,16H3. The van der Waals surface area contributed by atoms with E-state index in [1.165, 1.54) is 5.19 Å². The molecule has 0 aliphatic carbocycles. The van der Waals surface area contributed by atoms with Crippen LogP contribution < -0.4 is 9.92 Å². The van der Waals surface area contributed by atoms with Crippen LogP contribution in [0.1, 0.15) is 0 Å². The fraction of sp³-hybridized carbons (Fsp3) is 0.333. The average molecular weight is 365 g/mol. The quantitative estimate of drug-likeness (QED) is 0.224. The second kappa shape index (κ2) is 9.77. The summed E-state index contributed by atoms with van der Waals surface area (Å²) in [5.41, 5.74) is 0. The third-order valence-electron chi connectivity index (χ3n) is 2.56. The van der Waals surface area contributed by atoms with Gasteiger partial charge in [0.1, 0.15) is 28.9 Å². The summed E-state index contributed by atoms with van der Waals surface area (Å²) < 4.78 is 32.2. The lowest BCUT2D eigenvalue weighted by molar-refractivity contribution is 0.263. The van der Waals surface area contributed by atoms with Crippen LogP contribution in [0.25, 0.3) is 0 Å². The highest BCUT2D eigenvalue weighted by Gasteiger charge is 2.22. The van der Waals surface area contributed by atoms with Crippen molar-refractivity contribution in [3.05, 3.63) is 24.3 Å². The van der Waals surface area contributed by atoms with E-state index in [1.54, 1.807) is 0 Å².